The van der Waals surface area contributed by atoms with Gasteiger partial charge in [-0.05, 0) is 44.0 Å². The maximum absolute atomic E-state index is 13.2. The molecule has 0 saturated carbocycles. The number of benzene rings is 1. The third-order valence-corrected chi connectivity index (χ3v) is 5.32. The molecule has 4 rings (SSSR count). The van der Waals surface area contributed by atoms with Crippen molar-refractivity contribution in [2.24, 2.45) is 5.92 Å². The number of para-hydroxylation sites is 2. The van der Waals surface area contributed by atoms with E-state index in [1.54, 1.807) is 0 Å². The molecule has 1 fully saturated rings. The number of rotatable bonds is 2. The minimum atomic E-state index is -0.0696. The lowest BCUT2D eigenvalue weighted by Crippen LogP contribution is -2.35. The summed E-state index contributed by atoms with van der Waals surface area (Å²) >= 11 is 0. The van der Waals surface area contributed by atoms with Gasteiger partial charge in [-0.25, -0.2) is 4.68 Å². The predicted octanol–water partition coefficient (Wildman–Crippen LogP) is 1.94. The second kappa shape index (κ2) is 7.07. The van der Waals surface area contributed by atoms with E-state index in [1.165, 1.54) is 0 Å². The number of nitrogens with one attached hydrogen (secondary N) is 1. The molecule has 2 aliphatic rings. The van der Waals surface area contributed by atoms with E-state index in [-0.39, 0.29) is 5.91 Å². The first kappa shape index (κ1) is 17.0. The molecular formula is C19H26N6O. The summed E-state index contributed by atoms with van der Waals surface area (Å²) in [7, 11) is 2.08. The first-order valence-electron chi connectivity index (χ1n) is 9.38. The fraction of sp³-hybridized carbons (Fsp3) is 0.526. The molecule has 138 valence electrons. The van der Waals surface area contributed by atoms with Crippen LogP contribution in [0.3, 0.4) is 0 Å². The van der Waals surface area contributed by atoms with Crippen LogP contribution < -0.4 is 15.1 Å². The first-order valence-corrected chi connectivity index (χ1v) is 9.38. The van der Waals surface area contributed by atoms with Crippen LogP contribution in [-0.4, -0.2) is 54.1 Å². The third kappa shape index (κ3) is 3.19. The Morgan fingerprint density at radius 3 is 2.65 bits per heavy atom. The quantitative estimate of drug-likeness (QED) is 0.893. The molecule has 7 nitrogen and oxygen atoms in total. The molecule has 2 aliphatic heterocycles. The van der Waals surface area contributed by atoms with Gasteiger partial charge >= 0.3 is 0 Å². The largest absolute Gasteiger partial charge is 0.373 e. The molecule has 3 heterocycles. The lowest BCUT2D eigenvalue weighted by molar-refractivity contribution is 0.0979. The summed E-state index contributed by atoms with van der Waals surface area (Å²) in [5.41, 5.74) is 2.45. The molecule has 7 heteroatoms. The standard InChI is InChI=1S/C19H26N6O/c1-14-11-23(2)17-5-3-4-6-18(17)24(12-14)19(26)16-13-25(22-21-16)15-7-9-20-10-8-15/h3-6,13-15,20H,7-12H2,1-2H3/t14-/m1/s1. The van der Waals surface area contributed by atoms with Crippen molar-refractivity contribution in [3.63, 3.8) is 0 Å². The average molecular weight is 354 g/mol. The van der Waals surface area contributed by atoms with Crippen LogP contribution >= 0.6 is 0 Å². The number of piperidine rings is 1. The zero-order chi connectivity index (χ0) is 18.1. The molecule has 0 spiro atoms. The van der Waals surface area contributed by atoms with Gasteiger partial charge < -0.3 is 15.1 Å². The number of hydrogen-bond acceptors (Lipinski definition) is 5. The van der Waals surface area contributed by atoms with Crippen LogP contribution in [0.1, 0.15) is 36.3 Å². The lowest BCUT2D eigenvalue weighted by atomic mass is 10.1. The molecule has 0 radical (unpaired) electrons. The van der Waals surface area contributed by atoms with Crippen LogP contribution in [0.25, 0.3) is 0 Å². The summed E-state index contributed by atoms with van der Waals surface area (Å²) in [4.78, 5) is 17.3. The second-order valence-electron chi connectivity index (χ2n) is 7.46. The van der Waals surface area contributed by atoms with Gasteiger partial charge in [-0.2, -0.15) is 0 Å². The lowest BCUT2D eigenvalue weighted by Gasteiger charge is -2.24. The van der Waals surface area contributed by atoms with E-state index < -0.39 is 0 Å². The van der Waals surface area contributed by atoms with E-state index in [0.717, 1.165) is 43.9 Å². The Morgan fingerprint density at radius 2 is 1.88 bits per heavy atom. The highest BCUT2D eigenvalue weighted by Crippen LogP contribution is 2.33. The van der Waals surface area contributed by atoms with Crippen LogP contribution in [0.2, 0.25) is 0 Å². The summed E-state index contributed by atoms with van der Waals surface area (Å²) in [5.74, 6) is 0.301. The maximum Gasteiger partial charge on any atom is 0.280 e. The van der Waals surface area contributed by atoms with Gasteiger partial charge in [0.25, 0.3) is 5.91 Å². The van der Waals surface area contributed by atoms with Gasteiger partial charge in [0.05, 0.1) is 23.6 Å². The van der Waals surface area contributed by atoms with Gasteiger partial charge in [0.1, 0.15) is 0 Å². The van der Waals surface area contributed by atoms with Crippen molar-refractivity contribution in [1.29, 1.82) is 0 Å². The summed E-state index contributed by atoms with van der Waals surface area (Å²) in [5, 5.41) is 11.8. The van der Waals surface area contributed by atoms with Gasteiger partial charge in [-0.1, -0.05) is 24.3 Å². The molecule has 1 atom stereocenters. The van der Waals surface area contributed by atoms with Crippen LogP contribution in [0.15, 0.2) is 30.5 Å². The average Bonchev–Trinajstić information content (AvgIpc) is 3.12. The summed E-state index contributed by atoms with van der Waals surface area (Å²) in [6.07, 6.45) is 3.86. The van der Waals surface area contributed by atoms with Crippen molar-refractivity contribution in [1.82, 2.24) is 20.3 Å². The maximum atomic E-state index is 13.2. The molecule has 2 aromatic rings. The zero-order valence-electron chi connectivity index (χ0n) is 15.4. The Balaban J connectivity index is 1.63. The number of aromatic nitrogens is 3. The number of fused-ring (bicyclic) bond motifs is 1. The molecule has 0 bridgehead atoms. The molecule has 1 aromatic heterocycles. The monoisotopic (exact) mass is 354 g/mol. The molecule has 0 aliphatic carbocycles. The van der Waals surface area contributed by atoms with Gasteiger partial charge in [0, 0.05) is 20.1 Å². The summed E-state index contributed by atoms with van der Waals surface area (Å²) in [6, 6.07) is 8.40. The Morgan fingerprint density at radius 1 is 1.15 bits per heavy atom. The van der Waals surface area contributed by atoms with Crippen molar-refractivity contribution in [3.8, 4) is 0 Å². The third-order valence-electron chi connectivity index (χ3n) is 5.32. The summed E-state index contributed by atoms with van der Waals surface area (Å²) in [6.45, 7) is 5.74. The van der Waals surface area contributed by atoms with Crippen molar-refractivity contribution in [2.45, 2.75) is 25.8 Å². The molecule has 0 unspecified atom stereocenters. The Hall–Kier alpha value is -2.41. The van der Waals surface area contributed by atoms with Crippen molar-refractivity contribution in [2.75, 3.05) is 43.0 Å². The van der Waals surface area contributed by atoms with Crippen molar-refractivity contribution in [3.05, 3.63) is 36.2 Å². The number of hydrogen-bond donors (Lipinski definition) is 1. The molecule has 1 amide bonds. The minimum Gasteiger partial charge on any atom is -0.373 e. The Labute approximate surface area is 154 Å². The van der Waals surface area contributed by atoms with E-state index in [4.69, 9.17) is 0 Å². The fourth-order valence-electron chi connectivity index (χ4n) is 4.00. The number of carbonyl (C=O) groups excluding carboxylic acids is 1. The fourth-order valence-corrected chi connectivity index (χ4v) is 4.00. The molecule has 26 heavy (non-hydrogen) atoms. The van der Waals surface area contributed by atoms with Crippen LogP contribution in [-0.2, 0) is 0 Å². The van der Waals surface area contributed by atoms with E-state index >= 15 is 0 Å². The Kier molecular flexibility index (Phi) is 4.63. The van der Waals surface area contributed by atoms with E-state index in [1.807, 2.05) is 34.0 Å². The molecule has 1 saturated heterocycles. The van der Waals surface area contributed by atoms with Crippen LogP contribution in [0.5, 0.6) is 0 Å². The first-order chi connectivity index (χ1) is 12.6. The van der Waals surface area contributed by atoms with E-state index in [2.05, 4.69) is 40.6 Å². The molecule has 1 N–H and O–H groups in total. The number of anilines is 2. The highest BCUT2D eigenvalue weighted by Gasteiger charge is 2.29. The van der Waals surface area contributed by atoms with Gasteiger partial charge in [0.2, 0.25) is 0 Å². The normalized spacial score (nSPS) is 21.4. The van der Waals surface area contributed by atoms with Gasteiger partial charge in [-0.3, -0.25) is 4.79 Å². The van der Waals surface area contributed by atoms with Crippen LogP contribution in [0.4, 0.5) is 11.4 Å². The molecular weight excluding hydrogens is 328 g/mol. The van der Waals surface area contributed by atoms with E-state index in [9.17, 15) is 4.79 Å². The highest BCUT2D eigenvalue weighted by atomic mass is 16.2. The number of carbonyl (C=O) groups is 1. The minimum absolute atomic E-state index is 0.0696. The van der Waals surface area contributed by atoms with Gasteiger partial charge in [-0.15, -0.1) is 5.10 Å². The summed E-state index contributed by atoms with van der Waals surface area (Å²) < 4.78 is 1.87. The SMILES string of the molecule is C[C@@H]1CN(C)c2ccccc2N(C(=O)c2cn(C3CCNCC3)nn2)C1. The van der Waals surface area contributed by atoms with Crippen molar-refractivity contribution < 1.29 is 4.79 Å². The highest BCUT2D eigenvalue weighted by molar-refractivity contribution is 6.06. The topological polar surface area (TPSA) is 66.3 Å². The van der Waals surface area contributed by atoms with Gasteiger partial charge in [0.15, 0.2) is 5.69 Å². The second-order valence-corrected chi connectivity index (χ2v) is 7.46. The Bertz CT molecular complexity index is 782. The smallest absolute Gasteiger partial charge is 0.280 e. The van der Waals surface area contributed by atoms with Crippen molar-refractivity contribution >= 4 is 17.3 Å². The predicted molar refractivity (Wildman–Crippen MR) is 102 cm³/mol. The number of nitrogens with zero attached hydrogens (tertiary/aromatic N) is 5. The van der Waals surface area contributed by atoms with Crippen LogP contribution in [0, 0.1) is 5.92 Å². The molecule has 1 aromatic carbocycles. The zero-order valence-corrected chi connectivity index (χ0v) is 15.4. The number of amides is 1. The van der Waals surface area contributed by atoms with E-state index in [0.29, 0.717) is 24.2 Å².